The van der Waals surface area contributed by atoms with Gasteiger partial charge in [0.15, 0.2) is 6.04 Å². The summed E-state index contributed by atoms with van der Waals surface area (Å²) in [6, 6.07) is 6.04. The number of halogens is 1. The summed E-state index contributed by atoms with van der Waals surface area (Å²) < 4.78 is 13.0. The number of amides is 3. The van der Waals surface area contributed by atoms with E-state index in [2.05, 4.69) is 15.5 Å². The van der Waals surface area contributed by atoms with Crippen molar-refractivity contribution in [1.82, 2.24) is 10.6 Å². The number of nitrogens with zero attached hydrogens (tertiary/aromatic N) is 1. The second kappa shape index (κ2) is 8.49. The van der Waals surface area contributed by atoms with Crippen molar-refractivity contribution in [3.05, 3.63) is 30.1 Å². The van der Waals surface area contributed by atoms with Gasteiger partial charge < -0.3 is 15.1 Å². The molecule has 3 amide bonds. The highest BCUT2D eigenvalue weighted by atomic mass is 19.1. The zero-order chi connectivity index (χ0) is 18.5. The van der Waals surface area contributed by atoms with Gasteiger partial charge in [-0.3, -0.25) is 10.1 Å². The van der Waals surface area contributed by atoms with E-state index >= 15 is 0 Å². The van der Waals surface area contributed by atoms with Crippen molar-refractivity contribution < 1.29 is 18.9 Å². The molecule has 0 radical (unpaired) electrons. The van der Waals surface area contributed by atoms with Crippen LogP contribution in [0.2, 0.25) is 0 Å². The number of hydrogen-bond acceptors (Lipinski definition) is 3. The van der Waals surface area contributed by atoms with E-state index in [0.29, 0.717) is 0 Å². The standard InChI is InChI=1S/C19H27FN4O2/c1-14(18(25)22-19(26)21-16-4-2-3-5-16)23-10-12-24(13-11-23)17-8-6-15(20)7-9-17/h6-9,14,16H,2-5,10-13H2,1H3,(H2,21,22,25,26)/p+1/t14-/m1/s1. The van der Waals surface area contributed by atoms with Crippen LogP contribution >= 0.6 is 0 Å². The highest BCUT2D eigenvalue weighted by Gasteiger charge is 2.30. The molecule has 0 bridgehead atoms. The number of carbonyl (C=O) groups excluding carboxylic acids is 2. The molecule has 26 heavy (non-hydrogen) atoms. The third kappa shape index (κ3) is 4.72. The smallest absolute Gasteiger partial charge is 0.321 e. The lowest BCUT2D eigenvalue weighted by molar-refractivity contribution is -0.914. The normalized spacial score (nSPS) is 20.0. The van der Waals surface area contributed by atoms with E-state index in [1.165, 1.54) is 12.1 Å². The van der Waals surface area contributed by atoms with Gasteiger partial charge in [0.05, 0.1) is 26.2 Å². The van der Waals surface area contributed by atoms with Gasteiger partial charge in [-0.2, -0.15) is 0 Å². The number of rotatable bonds is 4. The molecular weight excluding hydrogens is 335 g/mol. The molecule has 3 rings (SSSR count). The second-order valence-corrected chi connectivity index (χ2v) is 7.29. The monoisotopic (exact) mass is 363 g/mol. The number of piperazine rings is 1. The molecule has 142 valence electrons. The molecule has 2 aliphatic rings. The SMILES string of the molecule is C[C@H](C(=O)NC(=O)NC1CCCC1)[NH+]1CCN(c2ccc(F)cc2)CC1. The van der Waals surface area contributed by atoms with Crippen LogP contribution in [0.1, 0.15) is 32.6 Å². The van der Waals surface area contributed by atoms with Crippen molar-refractivity contribution in [3.8, 4) is 0 Å². The van der Waals surface area contributed by atoms with Crippen LogP contribution in [0.4, 0.5) is 14.9 Å². The highest BCUT2D eigenvalue weighted by Crippen LogP contribution is 2.17. The van der Waals surface area contributed by atoms with Crippen LogP contribution in [-0.2, 0) is 4.79 Å². The van der Waals surface area contributed by atoms with Crippen molar-refractivity contribution in [2.24, 2.45) is 0 Å². The number of hydrogen-bond donors (Lipinski definition) is 3. The maximum Gasteiger partial charge on any atom is 0.321 e. The Labute approximate surface area is 153 Å². The van der Waals surface area contributed by atoms with Gasteiger partial charge in [0.1, 0.15) is 5.82 Å². The van der Waals surface area contributed by atoms with Gasteiger partial charge in [-0.05, 0) is 44.0 Å². The molecule has 0 spiro atoms. The number of anilines is 1. The number of carbonyl (C=O) groups is 2. The minimum Gasteiger partial charge on any atom is -0.360 e. The molecule has 3 N–H and O–H groups in total. The Morgan fingerprint density at radius 1 is 1.15 bits per heavy atom. The van der Waals surface area contributed by atoms with Gasteiger partial charge in [0.25, 0.3) is 5.91 Å². The quantitative estimate of drug-likeness (QED) is 0.737. The fourth-order valence-corrected chi connectivity index (χ4v) is 3.83. The Bertz CT molecular complexity index is 623. The van der Waals surface area contributed by atoms with E-state index in [-0.39, 0.29) is 29.8 Å². The highest BCUT2D eigenvalue weighted by molar-refractivity contribution is 5.96. The van der Waals surface area contributed by atoms with Gasteiger partial charge in [-0.1, -0.05) is 12.8 Å². The fourth-order valence-electron chi connectivity index (χ4n) is 3.83. The van der Waals surface area contributed by atoms with Crippen LogP contribution < -0.4 is 20.4 Å². The summed E-state index contributed by atoms with van der Waals surface area (Å²) in [6.45, 7) is 5.06. The van der Waals surface area contributed by atoms with Crippen LogP contribution in [-0.4, -0.2) is 50.2 Å². The van der Waals surface area contributed by atoms with Crippen LogP contribution in [0.3, 0.4) is 0 Å². The topological polar surface area (TPSA) is 65.9 Å². The molecular formula is C19H28FN4O2+. The number of urea groups is 1. The van der Waals surface area contributed by atoms with E-state index < -0.39 is 0 Å². The molecule has 1 saturated heterocycles. The summed E-state index contributed by atoms with van der Waals surface area (Å²) >= 11 is 0. The average molecular weight is 363 g/mol. The minimum atomic E-state index is -0.377. The number of imide groups is 1. The van der Waals surface area contributed by atoms with Gasteiger partial charge >= 0.3 is 6.03 Å². The summed E-state index contributed by atoms with van der Waals surface area (Å²) in [4.78, 5) is 27.7. The Morgan fingerprint density at radius 3 is 2.38 bits per heavy atom. The number of quaternary nitrogens is 1. The molecule has 1 aromatic carbocycles. The zero-order valence-electron chi connectivity index (χ0n) is 15.3. The lowest BCUT2D eigenvalue weighted by Gasteiger charge is -2.35. The van der Waals surface area contributed by atoms with Crippen LogP contribution in [0, 0.1) is 5.82 Å². The molecule has 1 aliphatic heterocycles. The summed E-state index contributed by atoms with van der Waals surface area (Å²) in [6.07, 6.45) is 4.26. The van der Waals surface area contributed by atoms with Gasteiger partial charge in [-0.15, -0.1) is 0 Å². The maximum atomic E-state index is 13.0. The fraction of sp³-hybridized carbons (Fsp3) is 0.579. The van der Waals surface area contributed by atoms with Gasteiger partial charge in [0, 0.05) is 11.7 Å². The molecule has 1 aromatic rings. The first kappa shape index (κ1) is 18.6. The van der Waals surface area contributed by atoms with Crippen LogP contribution in [0.15, 0.2) is 24.3 Å². The van der Waals surface area contributed by atoms with E-state index in [1.807, 2.05) is 6.92 Å². The zero-order valence-corrected chi connectivity index (χ0v) is 15.3. The van der Waals surface area contributed by atoms with E-state index in [4.69, 9.17) is 0 Å². The Kier molecular flexibility index (Phi) is 6.08. The third-order valence-electron chi connectivity index (χ3n) is 5.53. The second-order valence-electron chi connectivity index (χ2n) is 7.29. The number of benzene rings is 1. The van der Waals surface area contributed by atoms with Crippen molar-refractivity contribution in [2.75, 3.05) is 31.1 Å². The molecule has 1 saturated carbocycles. The first-order valence-electron chi connectivity index (χ1n) is 9.49. The molecule has 6 nitrogen and oxygen atoms in total. The third-order valence-corrected chi connectivity index (χ3v) is 5.53. The maximum absolute atomic E-state index is 13.0. The lowest BCUT2D eigenvalue weighted by atomic mass is 10.2. The molecule has 2 fully saturated rings. The average Bonchev–Trinajstić information content (AvgIpc) is 3.14. The summed E-state index contributed by atoms with van der Waals surface area (Å²) in [7, 11) is 0. The largest absolute Gasteiger partial charge is 0.360 e. The van der Waals surface area contributed by atoms with Gasteiger partial charge in [-0.25, -0.2) is 9.18 Å². The predicted molar refractivity (Wildman–Crippen MR) is 97.7 cm³/mol. The Hall–Kier alpha value is -2.15. The van der Waals surface area contributed by atoms with Crippen molar-refractivity contribution in [1.29, 1.82) is 0 Å². The van der Waals surface area contributed by atoms with E-state index in [0.717, 1.165) is 62.4 Å². The van der Waals surface area contributed by atoms with Crippen LogP contribution in [0.5, 0.6) is 0 Å². The molecule has 7 heteroatoms. The van der Waals surface area contributed by atoms with E-state index in [9.17, 15) is 14.0 Å². The Balaban J connectivity index is 1.44. The summed E-state index contributed by atoms with van der Waals surface area (Å²) in [5, 5.41) is 5.37. The van der Waals surface area contributed by atoms with Crippen molar-refractivity contribution in [2.45, 2.75) is 44.7 Å². The van der Waals surface area contributed by atoms with Crippen molar-refractivity contribution in [3.63, 3.8) is 0 Å². The molecule has 0 unspecified atom stereocenters. The molecule has 1 heterocycles. The Morgan fingerprint density at radius 2 is 1.77 bits per heavy atom. The summed E-state index contributed by atoms with van der Waals surface area (Å²) in [5.41, 5.74) is 0.999. The predicted octanol–water partition coefficient (Wildman–Crippen LogP) is 0.687. The van der Waals surface area contributed by atoms with Crippen LogP contribution in [0.25, 0.3) is 0 Å². The van der Waals surface area contributed by atoms with Gasteiger partial charge in [0.2, 0.25) is 0 Å². The number of nitrogens with one attached hydrogen (secondary N) is 3. The lowest BCUT2D eigenvalue weighted by Crippen LogP contribution is -3.19. The summed E-state index contributed by atoms with van der Waals surface area (Å²) in [5.74, 6) is -0.468. The van der Waals surface area contributed by atoms with E-state index in [1.54, 1.807) is 12.1 Å². The molecule has 1 atom stereocenters. The minimum absolute atomic E-state index is 0.199. The molecule has 0 aromatic heterocycles. The first-order chi connectivity index (χ1) is 12.5. The first-order valence-corrected chi connectivity index (χ1v) is 9.49. The molecule has 1 aliphatic carbocycles. The van der Waals surface area contributed by atoms with Crippen molar-refractivity contribution >= 4 is 17.6 Å².